The number of alkyl halides is 2. The maximum atomic E-state index is 12.9. The Morgan fingerprint density at radius 2 is 2.05 bits per heavy atom. The van der Waals surface area contributed by atoms with Crippen molar-refractivity contribution < 1.29 is 18.3 Å². The van der Waals surface area contributed by atoms with Gasteiger partial charge in [-0.15, -0.1) is 8.78 Å². The molecule has 1 heterocycles. The fraction of sp³-hybridized carbons (Fsp3) is 0.429. The van der Waals surface area contributed by atoms with Crippen LogP contribution in [0.25, 0.3) is 0 Å². The molecule has 2 aliphatic rings. The van der Waals surface area contributed by atoms with Gasteiger partial charge in [-0.1, -0.05) is 12.2 Å². The standard InChI is InChI=1S/C14H15F2NO2/c15-14(16)18-12-7-6-11(8-13(12)19-14)17-9-10-4-2-1-3-5-10/h1-2,6-8,10,17H,3-5,9H2. The summed E-state index contributed by atoms with van der Waals surface area (Å²) in [6, 6.07) is 4.77. The van der Waals surface area contributed by atoms with Gasteiger partial charge in [-0.2, -0.15) is 0 Å². The summed E-state index contributed by atoms with van der Waals surface area (Å²) < 4.78 is 34.5. The Bertz CT molecular complexity index is 502. The maximum Gasteiger partial charge on any atom is 0.586 e. The summed E-state index contributed by atoms with van der Waals surface area (Å²) in [7, 11) is 0. The highest BCUT2D eigenvalue weighted by molar-refractivity contribution is 5.55. The lowest BCUT2D eigenvalue weighted by molar-refractivity contribution is -0.286. The smallest absolute Gasteiger partial charge is 0.395 e. The Morgan fingerprint density at radius 1 is 1.21 bits per heavy atom. The summed E-state index contributed by atoms with van der Waals surface area (Å²) in [6.07, 6.45) is 4.17. The third-order valence-electron chi connectivity index (χ3n) is 3.37. The second-order valence-corrected chi connectivity index (χ2v) is 4.86. The zero-order chi connectivity index (χ0) is 13.3. The van der Waals surface area contributed by atoms with Crippen molar-refractivity contribution in [2.45, 2.75) is 25.6 Å². The molecule has 0 fully saturated rings. The van der Waals surface area contributed by atoms with Gasteiger partial charge >= 0.3 is 6.29 Å². The van der Waals surface area contributed by atoms with E-state index in [1.807, 2.05) is 0 Å². The van der Waals surface area contributed by atoms with Crippen molar-refractivity contribution >= 4 is 5.69 Å². The molecule has 102 valence electrons. The molecule has 1 aliphatic heterocycles. The number of benzene rings is 1. The van der Waals surface area contributed by atoms with E-state index in [0.717, 1.165) is 31.5 Å². The molecule has 1 aromatic carbocycles. The second kappa shape index (κ2) is 4.72. The van der Waals surface area contributed by atoms with Crippen molar-refractivity contribution in [3.63, 3.8) is 0 Å². The monoisotopic (exact) mass is 267 g/mol. The number of ether oxygens (including phenoxy) is 2. The Labute approximate surface area is 110 Å². The summed E-state index contributed by atoms with van der Waals surface area (Å²) in [6.45, 7) is 0.834. The minimum Gasteiger partial charge on any atom is -0.395 e. The van der Waals surface area contributed by atoms with Crippen LogP contribution >= 0.6 is 0 Å². The Hall–Kier alpha value is -1.78. The lowest BCUT2D eigenvalue weighted by Gasteiger charge is -2.18. The van der Waals surface area contributed by atoms with E-state index in [0.29, 0.717) is 5.92 Å². The highest BCUT2D eigenvalue weighted by Gasteiger charge is 2.43. The average Bonchev–Trinajstić information content (AvgIpc) is 2.70. The molecule has 1 aliphatic carbocycles. The maximum absolute atomic E-state index is 12.9. The quantitative estimate of drug-likeness (QED) is 0.845. The zero-order valence-corrected chi connectivity index (χ0v) is 10.4. The van der Waals surface area contributed by atoms with Gasteiger partial charge in [-0.25, -0.2) is 0 Å². The molecule has 3 nitrogen and oxygen atoms in total. The average molecular weight is 267 g/mol. The van der Waals surface area contributed by atoms with Crippen molar-refractivity contribution in [3.05, 3.63) is 30.4 Å². The van der Waals surface area contributed by atoms with Gasteiger partial charge in [-0.3, -0.25) is 0 Å². The summed E-state index contributed by atoms with van der Waals surface area (Å²) in [5.74, 6) is 0.756. The lowest BCUT2D eigenvalue weighted by atomic mass is 9.94. The number of hydrogen-bond donors (Lipinski definition) is 1. The number of hydrogen-bond acceptors (Lipinski definition) is 3. The molecule has 5 heteroatoms. The van der Waals surface area contributed by atoms with E-state index in [-0.39, 0.29) is 11.5 Å². The van der Waals surface area contributed by atoms with Gasteiger partial charge in [0.15, 0.2) is 11.5 Å². The molecule has 0 radical (unpaired) electrons. The largest absolute Gasteiger partial charge is 0.586 e. The van der Waals surface area contributed by atoms with E-state index in [2.05, 4.69) is 26.9 Å². The molecular formula is C14H15F2NO2. The molecule has 0 saturated carbocycles. The van der Waals surface area contributed by atoms with E-state index in [1.165, 1.54) is 6.07 Å². The first-order valence-corrected chi connectivity index (χ1v) is 6.41. The van der Waals surface area contributed by atoms with Crippen molar-refractivity contribution in [2.75, 3.05) is 11.9 Å². The van der Waals surface area contributed by atoms with Crippen LogP contribution < -0.4 is 14.8 Å². The fourth-order valence-electron chi connectivity index (χ4n) is 2.36. The van der Waals surface area contributed by atoms with E-state index < -0.39 is 6.29 Å². The summed E-state index contributed by atoms with van der Waals surface area (Å²) in [4.78, 5) is 0. The van der Waals surface area contributed by atoms with Crippen LogP contribution in [0.4, 0.5) is 14.5 Å². The van der Waals surface area contributed by atoms with E-state index >= 15 is 0 Å². The minimum atomic E-state index is -3.55. The molecule has 3 rings (SSSR count). The minimum absolute atomic E-state index is 0.0798. The zero-order valence-electron chi connectivity index (χ0n) is 10.4. The van der Waals surface area contributed by atoms with Crippen molar-refractivity contribution in [2.24, 2.45) is 5.92 Å². The molecule has 1 atom stereocenters. The molecule has 1 N–H and O–H groups in total. The predicted molar refractivity (Wildman–Crippen MR) is 67.6 cm³/mol. The lowest BCUT2D eigenvalue weighted by Crippen LogP contribution is -2.25. The summed E-state index contributed by atoms with van der Waals surface area (Å²) >= 11 is 0. The van der Waals surface area contributed by atoms with Crippen molar-refractivity contribution in [1.82, 2.24) is 0 Å². The topological polar surface area (TPSA) is 30.5 Å². The number of fused-ring (bicyclic) bond motifs is 1. The van der Waals surface area contributed by atoms with Gasteiger partial charge < -0.3 is 14.8 Å². The third kappa shape index (κ3) is 2.80. The molecular weight excluding hydrogens is 252 g/mol. The predicted octanol–water partition coefficient (Wildman–Crippen LogP) is 3.78. The number of nitrogens with one attached hydrogen (secondary N) is 1. The van der Waals surface area contributed by atoms with Crippen LogP contribution in [0.2, 0.25) is 0 Å². The van der Waals surface area contributed by atoms with Crippen LogP contribution in [-0.2, 0) is 0 Å². The first kappa shape index (κ1) is 12.3. The van der Waals surface area contributed by atoms with E-state index in [4.69, 9.17) is 0 Å². The first-order valence-electron chi connectivity index (χ1n) is 6.41. The molecule has 0 aromatic heterocycles. The van der Waals surface area contributed by atoms with Gasteiger partial charge in [0.2, 0.25) is 0 Å². The number of anilines is 1. The summed E-state index contributed by atoms with van der Waals surface area (Å²) in [5, 5.41) is 3.26. The van der Waals surface area contributed by atoms with Crippen LogP contribution in [0.3, 0.4) is 0 Å². The van der Waals surface area contributed by atoms with Gasteiger partial charge in [0.1, 0.15) is 0 Å². The van der Waals surface area contributed by atoms with Gasteiger partial charge in [0.05, 0.1) is 0 Å². The molecule has 0 bridgehead atoms. The molecule has 1 unspecified atom stereocenters. The van der Waals surface area contributed by atoms with Crippen LogP contribution in [0, 0.1) is 5.92 Å². The third-order valence-corrected chi connectivity index (χ3v) is 3.37. The van der Waals surface area contributed by atoms with Crippen LogP contribution in [0.1, 0.15) is 19.3 Å². The number of allylic oxidation sites excluding steroid dienone is 2. The van der Waals surface area contributed by atoms with Gasteiger partial charge in [-0.05, 0) is 37.3 Å². The van der Waals surface area contributed by atoms with Crippen molar-refractivity contribution in [1.29, 1.82) is 0 Å². The normalized spacial score (nSPS) is 23.4. The van der Waals surface area contributed by atoms with E-state index in [9.17, 15) is 8.78 Å². The number of halogens is 2. The highest BCUT2D eigenvalue weighted by Crippen LogP contribution is 2.42. The van der Waals surface area contributed by atoms with Crippen LogP contribution in [-0.4, -0.2) is 12.8 Å². The summed E-state index contributed by atoms with van der Waals surface area (Å²) in [5.41, 5.74) is 0.773. The Morgan fingerprint density at radius 3 is 2.84 bits per heavy atom. The first-order chi connectivity index (χ1) is 9.12. The molecule has 0 amide bonds. The highest BCUT2D eigenvalue weighted by atomic mass is 19.3. The molecule has 0 spiro atoms. The SMILES string of the molecule is FC1(F)Oc2ccc(NCC3CC=CCC3)cc2O1. The van der Waals surface area contributed by atoms with Crippen LogP contribution in [0.15, 0.2) is 30.4 Å². The van der Waals surface area contributed by atoms with Crippen LogP contribution in [0.5, 0.6) is 11.5 Å². The van der Waals surface area contributed by atoms with Gasteiger partial charge in [0.25, 0.3) is 0 Å². The second-order valence-electron chi connectivity index (χ2n) is 4.86. The molecule has 1 aromatic rings. The van der Waals surface area contributed by atoms with E-state index in [1.54, 1.807) is 12.1 Å². The molecule has 19 heavy (non-hydrogen) atoms. The van der Waals surface area contributed by atoms with Crippen molar-refractivity contribution in [3.8, 4) is 11.5 Å². The Balaban J connectivity index is 1.62. The number of rotatable bonds is 3. The fourth-order valence-corrected chi connectivity index (χ4v) is 2.36. The van der Waals surface area contributed by atoms with Gasteiger partial charge in [0, 0.05) is 18.3 Å². The Kier molecular flexibility index (Phi) is 3.05. The molecule has 0 saturated heterocycles.